The maximum atomic E-state index is 11.3. The molecule has 1 aliphatic carbocycles. The molecule has 4 heteroatoms. The number of nitrogens with one attached hydrogen (secondary N) is 1. The maximum Gasteiger partial charge on any atom is 0.325 e. The summed E-state index contributed by atoms with van der Waals surface area (Å²) in [5, 5.41) is 12.5. The first-order valence-corrected chi connectivity index (χ1v) is 6.31. The molecule has 18 heavy (non-hydrogen) atoms. The monoisotopic (exact) mass is 249 g/mol. The summed E-state index contributed by atoms with van der Waals surface area (Å²) in [5.41, 5.74) is 1.84. The Morgan fingerprint density at radius 2 is 2.28 bits per heavy atom. The number of aryl methyl sites for hydroxylation is 1. The first kappa shape index (κ1) is 12.9. The first-order valence-electron chi connectivity index (χ1n) is 6.31. The van der Waals surface area contributed by atoms with Crippen LogP contribution in [0.2, 0.25) is 0 Å². The summed E-state index contributed by atoms with van der Waals surface area (Å²) in [4.78, 5) is 11.3. The largest absolute Gasteiger partial charge is 0.496 e. The molecular formula is C14H19NO3. The molecule has 0 radical (unpaired) electrons. The highest BCUT2D eigenvalue weighted by Crippen LogP contribution is 2.27. The average molecular weight is 249 g/mol. The van der Waals surface area contributed by atoms with E-state index in [1.54, 1.807) is 7.11 Å². The highest BCUT2D eigenvalue weighted by molar-refractivity contribution is 5.76. The smallest absolute Gasteiger partial charge is 0.325 e. The maximum absolute atomic E-state index is 11.3. The van der Waals surface area contributed by atoms with Gasteiger partial charge in [0, 0.05) is 6.04 Å². The van der Waals surface area contributed by atoms with E-state index in [4.69, 9.17) is 4.74 Å². The van der Waals surface area contributed by atoms with Crippen LogP contribution in [-0.4, -0.2) is 24.2 Å². The van der Waals surface area contributed by atoms with Gasteiger partial charge in [-0.25, -0.2) is 0 Å². The fourth-order valence-electron chi connectivity index (χ4n) is 2.05. The second kappa shape index (κ2) is 5.40. The van der Waals surface area contributed by atoms with Crippen molar-refractivity contribution in [2.45, 2.75) is 38.3 Å². The number of carbonyl (C=O) groups is 1. The van der Waals surface area contributed by atoms with Crippen LogP contribution >= 0.6 is 0 Å². The van der Waals surface area contributed by atoms with Gasteiger partial charge in [0.25, 0.3) is 0 Å². The van der Waals surface area contributed by atoms with Crippen molar-refractivity contribution in [2.75, 3.05) is 7.11 Å². The summed E-state index contributed by atoms with van der Waals surface area (Å²) in [5.74, 6) is -0.00840. The quantitative estimate of drug-likeness (QED) is 0.811. The van der Waals surface area contributed by atoms with Gasteiger partial charge in [0.15, 0.2) is 0 Å². The second-order valence-corrected chi connectivity index (χ2v) is 4.64. The van der Waals surface area contributed by atoms with Gasteiger partial charge in [-0.05, 0) is 42.5 Å². The van der Waals surface area contributed by atoms with Crippen molar-refractivity contribution in [3.05, 3.63) is 29.3 Å². The Balaban J connectivity index is 2.25. The third-order valence-corrected chi connectivity index (χ3v) is 3.25. The fraction of sp³-hybridized carbons (Fsp3) is 0.500. The molecule has 1 saturated carbocycles. The number of hydrogen-bond donors (Lipinski definition) is 2. The highest BCUT2D eigenvalue weighted by atomic mass is 16.5. The van der Waals surface area contributed by atoms with E-state index in [0.717, 1.165) is 36.1 Å². The van der Waals surface area contributed by atoms with Crippen LogP contribution in [0.3, 0.4) is 0 Å². The number of ether oxygens (including phenoxy) is 1. The lowest BCUT2D eigenvalue weighted by Gasteiger charge is -2.16. The number of benzene rings is 1. The molecule has 1 aromatic rings. The number of methoxy groups -OCH3 is 1. The lowest BCUT2D eigenvalue weighted by Crippen LogP contribution is -2.30. The molecular weight excluding hydrogens is 230 g/mol. The van der Waals surface area contributed by atoms with Crippen LogP contribution in [0.25, 0.3) is 0 Å². The molecule has 0 heterocycles. The Morgan fingerprint density at radius 1 is 1.56 bits per heavy atom. The van der Waals surface area contributed by atoms with E-state index >= 15 is 0 Å². The minimum atomic E-state index is -0.825. The Hall–Kier alpha value is -1.55. The molecule has 2 N–H and O–H groups in total. The standard InChI is InChI=1S/C14H19NO3/c1-3-9-8-10(4-7-12(9)18-2)13(14(16)17)15-11-5-6-11/h4,7-8,11,13,15H,3,5-6H2,1-2H3,(H,16,17). The summed E-state index contributed by atoms with van der Waals surface area (Å²) in [6, 6.07) is 5.34. The predicted molar refractivity (Wildman–Crippen MR) is 68.9 cm³/mol. The molecule has 1 unspecified atom stereocenters. The third-order valence-electron chi connectivity index (χ3n) is 3.25. The number of carboxylic acid groups (broad SMARTS) is 1. The summed E-state index contributed by atoms with van der Waals surface area (Å²) in [6.07, 6.45) is 2.97. The van der Waals surface area contributed by atoms with Crippen LogP contribution in [0.15, 0.2) is 18.2 Å². The SMILES string of the molecule is CCc1cc(C(NC2CC2)C(=O)O)ccc1OC. The molecule has 0 saturated heterocycles. The summed E-state index contributed by atoms with van der Waals surface area (Å²) >= 11 is 0. The van der Waals surface area contributed by atoms with E-state index < -0.39 is 12.0 Å². The third kappa shape index (κ3) is 2.82. The van der Waals surface area contributed by atoms with E-state index in [0.29, 0.717) is 6.04 Å². The molecule has 0 bridgehead atoms. The Kier molecular flexibility index (Phi) is 3.87. The first-order chi connectivity index (χ1) is 8.65. The molecule has 1 aliphatic rings. The van der Waals surface area contributed by atoms with Crippen molar-refractivity contribution in [3.63, 3.8) is 0 Å². The van der Waals surface area contributed by atoms with Gasteiger partial charge >= 0.3 is 5.97 Å². The number of carboxylic acids is 1. The topological polar surface area (TPSA) is 58.6 Å². The molecule has 0 aliphatic heterocycles. The zero-order chi connectivity index (χ0) is 13.1. The van der Waals surface area contributed by atoms with E-state index in [1.165, 1.54) is 0 Å². The van der Waals surface area contributed by atoms with Crippen molar-refractivity contribution in [2.24, 2.45) is 0 Å². The van der Waals surface area contributed by atoms with Gasteiger partial charge in [-0.15, -0.1) is 0 Å². The molecule has 4 nitrogen and oxygen atoms in total. The Labute approximate surface area is 107 Å². The van der Waals surface area contributed by atoms with Crippen LogP contribution in [0.4, 0.5) is 0 Å². The van der Waals surface area contributed by atoms with Crippen molar-refractivity contribution < 1.29 is 14.6 Å². The normalized spacial score (nSPS) is 16.3. The van der Waals surface area contributed by atoms with E-state index in [9.17, 15) is 9.90 Å². The number of hydrogen-bond acceptors (Lipinski definition) is 3. The average Bonchev–Trinajstić information content (AvgIpc) is 3.18. The minimum absolute atomic E-state index is 0.360. The highest BCUT2D eigenvalue weighted by Gasteiger charge is 2.29. The van der Waals surface area contributed by atoms with Crippen LogP contribution in [-0.2, 0) is 11.2 Å². The van der Waals surface area contributed by atoms with E-state index in [1.807, 2.05) is 25.1 Å². The van der Waals surface area contributed by atoms with Crippen molar-refractivity contribution in [3.8, 4) is 5.75 Å². The van der Waals surface area contributed by atoms with Crippen LogP contribution in [0.1, 0.15) is 36.9 Å². The molecule has 1 atom stereocenters. The van der Waals surface area contributed by atoms with Gasteiger partial charge in [0.1, 0.15) is 11.8 Å². The molecule has 1 aromatic carbocycles. The molecule has 2 rings (SSSR count). The van der Waals surface area contributed by atoms with Gasteiger partial charge < -0.3 is 9.84 Å². The van der Waals surface area contributed by atoms with Gasteiger partial charge in [0.2, 0.25) is 0 Å². The van der Waals surface area contributed by atoms with Gasteiger partial charge in [0.05, 0.1) is 7.11 Å². The molecule has 0 amide bonds. The van der Waals surface area contributed by atoms with Crippen LogP contribution < -0.4 is 10.1 Å². The fourth-order valence-corrected chi connectivity index (χ4v) is 2.05. The van der Waals surface area contributed by atoms with Crippen molar-refractivity contribution >= 4 is 5.97 Å². The Morgan fingerprint density at radius 3 is 2.78 bits per heavy atom. The number of rotatable bonds is 6. The predicted octanol–water partition coefficient (Wildman–Crippen LogP) is 2.14. The second-order valence-electron chi connectivity index (χ2n) is 4.64. The lowest BCUT2D eigenvalue weighted by atomic mass is 10.0. The summed E-state index contributed by atoms with van der Waals surface area (Å²) in [6.45, 7) is 2.03. The zero-order valence-electron chi connectivity index (χ0n) is 10.8. The zero-order valence-corrected chi connectivity index (χ0v) is 10.8. The van der Waals surface area contributed by atoms with Gasteiger partial charge in [-0.1, -0.05) is 13.0 Å². The van der Waals surface area contributed by atoms with Gasteiger partial charge in [-0.3, -0.25) is 10.1 Å². The number of aliphatic carboxylic acids is 1. The molecule has 1 fully saturated rings. The minimum Gasteiger partial charge on any atom is -0.496 e. The van der Waals surface area contributed by atoms with Crippen LogP contribution in [0, 0.1) is 0 Å². The van der Waals surface area contributed by atoms with Gasteiger partial charge in [-0.2, -0.15) is 0 Å². The van der Waals surface area contributed by atoms with Crippen LogP contribution in [0.5, 0.6) is 5.75 Å². The van der Waals surface area contributed by atoms with E-state index in [2.05, 4.69) is 5.32 Å². The molecule has 0 aromatic heterocycles. The summed E-state index contributed by atoms with van der Waals surface area (Å²) in [7, 11) is 1.63. The Bertz CT molecular complexity index is 441. The lowest BCUT2D eigenvalue weighted by molar-refractivity contribution is -0.139. The molecule has 98 valence electrons. The van der Waals surface area contributed by atoms with E-state index in [-0.39, 0.29) is 0 Å². The van der Waals surface area contributed by atoms with Crippen molar-refractivity contribution in [1.29, 1.82) is 0 Å². The molecule has 0 spiro atoms. The summed E-state index contributed by atoms with van der Waals surface area (Å²) < 4.78 is 5.26. The van der Waals surface area contributed by atoms with Crippen molar-refractivity contribution in [1.82, 2.24) is 5.32 Å².